The number of aromatic hydroxyl groups is 1. The summed E-state index contributed by atoms with van der Waals surface area (Å²) in [5, 5.41) is 19.3. The smallest absolute Gasteiger partial charge is 0.342 e. The molecular formula is C18H16N2O3S. The second kappa shape index (κ2) is 6.41. The number of nitrogens with one attached hydrogen (secondary N) is 1. The maximum Gasteiger partial charge on any atom is 0.342 e. The molecule has 3 N–H and O–H groups in total. The molecule has 0 saturated heterocycles. The number of H-pyrrole nitrogens is 1. The Morgan fingerprint density at radius 1 is 1.17 bits per heavy atom. The molecule has 122 valence electrons. The van der Waals surface area contributed by atoms with Gasteiger partial charge in [0.05, 0.1) is 11.0 Å². The van der Waals surface area contributed by atoms with Crippen LogP contribution in [0.1, 0.15) is 16.7 Å². The predicted octanol–water partition coefficient (Wildman–Crippen LogP) is 4.10. The first kappa shape index (κ1) is 16.1. The van der Waals surface area contributed by atoms with E-state index in [1.807, 2.05) is 26.0 Å². The average molecular weight is 340 g/mol. The molecule has 5 nitrogen and oxygen atoms in total. The number of nitrogens with zero attached hydrogens (tertiary/aromatic N) is 1. The molecule has 24 heavy (non-hydrogen) atoms. The fourth-order valence-electron chi connectivity index (χ4n) is 2.26. The van der Waals surface area contributed by atoms with Gasteiger partial charge in [0, 0.05) is 0 Å². The fourth-order valence-corrected chi connectivity index (χ4v) is 3.05. The maximum atomic E-state index is 11.5. The highest BCUT2D eigenvalue weighted by atomic mass is 32.2. The van der Waals surface area contributed by atoms with E-state index in [-0.39, 0.29) is 10.7 Å². The van der Waals surface area contributed by atoms with Crippen molar-refractivity contribution in [2.45, 2.75) is 19.0 Å². The van der Waals surface area contributed by atoms with Gasteiger partial charge in [-0.25, -0.2) is 9.78 Å². The van der Waals surface area contributed by atoms with Crippen molar-refractivity contribution in [3.63, 3.8) is 0 Å². The standard InChI is InChI=1S/C18H16N2O3S/c1-10-7-14-15(8-11(10)2)20-18(19-14)24-16(17(22)23)9-12-3-5-13(21)6-4-12/h3-9,21H,1-2H3,(H,19,20)(H,22,23)/b16-9-. The number of hydrogen-bond acceptors (Lipinski definition) is 4. The van der Waals surface area contributed by atoms with Gasteiger partial charge in [-0.2, -0.15) is 0 Å². The molecule has 2 aromatic carbocycles. The first-order chi connectivity index (χ1) is 11.4. The van der Waals surface area contributed by atoms with E-state index in [4.69, 9.17) is 0 Å². The number of carboxylic acids is 1. The van der Waals surface area contributed by atoms with E-state index in [0.717, 1.165) is 33.9 Å². The Labute approximate surface area is 143 Å². The van der Waals surface area contributed by atoms with Crippen LogP contribution in [-0.2, 0) is 4.79 Å². The Morgan fingerprint density at radius 3 is 2.50 bits per heavy atom. The molecule has 0 spiro atoms. The molecule has 0 radical (unpaired) electrons. The number of thioether (sulfide) groups is 1. The Hall–Kier alpha value is -2.73. The molecule has 0 aliphatic rings. The second-order valence-corrected chi connectivity index (χ2v) is 6.53. The fraction of sp³-hybridized carbons (Fsp3) is 0.111. The van der Waals surface area contributed by atoms with Crippen LogP contribution in [0.15, 0.2) is 46.5 Å². The van der Waals surface area contributed by atoms with Gasteiger partial charge in [-0.3, -0.25) is 0 Å². The van der Waals surface area contributed by atoms with Gasteiger partial charge in [-0.1, -0.05) is 12.1 Å². The summed E-state index contributed by atoms with van der Waals surface area (Å²) in [6.45, 7) is 4.04. The summed E-state index contributed by atoms with van der Waals surface area (Å²) in [7, 11) is 0. The van der Waals surface area contributed by atoms with Gasteiger partial charge in [0.1, 0.15) is 10.7 Å². The number of fused-ring (bicyclic) bond motifs is 1. The molecule has 1 heterocycles. The van der Waals surface area contributed by atoms with Gasteiger partial charge in [0.2, 0.25) is 0 Å². The van der Waals surface area contributed by atoms with Crippen molar-refractivity contribution in [2.75, 3.05) is 0 Å². The molecule has 0 atom stereocenters. The van der Waals surface area contributed by atoms with E-state index in [0.29, 0.717) is 10.7 Å². The number of carboxylic acid groups (broad SMARTS) is 1. The lowest BCUT2D eigenvalue weighted by molar-refractivity contribution is -0.131. The number of aryl methyl sites for hydroxylation is 2. The maximum absolute atomic E-state index is 11.5. The van der Waals surface area contributed by atoms with Crippen LogP contribution in [-0.4, -0.2) is 26.2 Å². The van der Waals surface area contributed by atoms with Crippen LogP contribution >= 0.6 is 11.8 Å². The summed E-state index contributed by atoms with van der Waals surface area (Å²) in [5.41, 5.74) is 4.69. The quantitative estimate of drug-likeness (QED) is 0.492. The predicted molar refractivity (Wildman–Crippen MR) is 95.1 cm³/mol. The first-order valence-electron chi connectivity index (χ1n) is 7.31. The van der Waals surface area contributed by atoms with Crippen molar-refractivity contribution < 1.29 is 15.0 Å². The van der Waals surface area contributed by atoms with Crippen molar-refractivity contribution in [1.29, 1.82) is 0 Å². The molecular weight excluding hydrogens is 324 g/mol. The second-order valence-electron chi connectivity index (χ2n) is 5.50. The Bertz CT molecular complexity index is 904. The molecule has 0 aliphatic carbocycles. The van der Waals surface area contributed by atoms with Crippen LogP contribution < -0.4 is 0 Å². The minimum absolute atomic E-state index is 0.139. The lowest BCUT2D eigenvalue weighted by Crippen LogP contribution is -1.97. The number of aromatic amines is 1. The SMILES string of the molecule is Cc1cc2nc(S/C(=C\c3ccc(O)cc3)C(=O)O)[nH]c2cc1C. The van der Waals surface area contributed by atoms with E-state index in [1.54, 1.807) is 18.2 Å². The molecule has 0 bridgehead atoms. The molecule has 1 aromatic heterocycles. The summed E-state index contributed by atoms with van der Waals surface area (Å²) in [5.74, 6) is -0.888. The van der Waals surface area contributed by atoms with Gasteiger partial charge in [-0.15, -0.1) is 0 Å². The molecule has 3 aromatic rings. The van der Waals surface area contributed by atoms with Crippen LogP contribution in [0.5, 0.6) is 5.75 Å². The molecule has 0 unspecified atom stereocenters. The Morgan fingerprint density at radius 2 is 1.83 bits per heavy atom. The van der Waals surface area contributed by atoms with Crippen LogP contribution in [0.4, 0.5) is 0 Å². The highest BCUT2D eigenvalue weighted by molar-refractivity contribution is 8.04. The van der Waals surface area contributed by atoms with Gasteiger partial charge < -0.3 is 15.2 Å². The van der Waals surface area contributed by atoms with E-state index >= 15 is 0 Å². The molecule has 6 heteroatoms. The number of aliphatic carboxylic acids is 1. The number of aromatic nitrogens is 2. The Balaban J connectivity index is 1.93. The minimum Gasteiger partial charge on any atom is -0.508 e. The number of hydrogen-bond donors (Lipinski definition) is 3. The van der Waals surface area contributed by atoms with Crippen LogP contribution in [0.3, 0.4) is 0 Å². The summed E-state index contributed by atoms with van der Waals surface area (Å²) >= 11 is 1.07. The summed E-state index contributed by atoms with van der Waals surface area (Å²) < 4.78 is 0. The monoisotopic (exact) mass is 340 g/mol. The zero-order valence-corrected chi connectivity index (χ0v) is 14.0. The number of phenols is 1. The number of benzene rings is 2. The van der Waals surface area contributed by atoms with Crippen molar-refractivity contribution >= 4 is 34.8 Å². The van der Waals surface area contributed by atoms with Crippen LogP contribution in [0.25, 0.3) is 17.1 Å². The third-order valence-corrected chi connectivity index (χ3v) is 4.58. The van der Waals surface area contributed by atoms with Crippen molar-refractivity contribution in [2.24, 2.45) is 0 Å². The lowest BCUT2D eigenvalue weighted by atomic mass is 10.1. The third-order valence-electron chi connectivity index (χ3n) is 3.68. The molecule has 0 amide bonds. The van der Waals surface area contributed by atoms with Gasteiger partial charge >= 0.3 is 5.97 Å². The zero-order valence-electron chi connectivity index (χ0n) is 13.2. The lowest BCUT2D eigenvalue weighted by Gasteiger charge is -2.00. The van der Waals surface area contributed by atoms with Crippen LogP contribution in [0, 0.1) is 13.8 Å². The average Bonchev–Trinajstić information content (AvgIpc) is 2.90. The highest BCUT2D eigenvalue weighted by Crippen LogP contribution is 2.29. The molecule has 0 aliphatic heterocycles. The van der Waals surface area contributed by atoms with Gasteiger partial charge in [0.25, 0.3) is 0 Å². The van der Waals surface area contributed by atoms with Crippen LogP contribution in [0.2, 0.25) is 0 Å². The van der Waals surface area contributed by atoms with E-state index in [2.05, 4.69) is 9.97 Å². The summed E-state index contributed by atoms with van der Waals surface area (Å²) in [6.07, 6.45) is 1.55. The van der Waals surface area contributed by atoms with Crippen molar-refractivity contribution in [1.82, 2.24) is 9.97 Å². The largest absolute Gasteiger partial charge is 0.508 e. The number of carbonyl (C=O) groups is 1. The van der Waals surface area contributed by atoms with Gasteiger partial charge in [0.15, 0.2) is 5.16 Å². The molecule has 3 rings (SSSR count). The highest BCUT2D eigenvalue weighted by Gasteiger charge is 2.13. The molecule has 0 saturated carbocycles. The van der Waals surface area contributed by atoms with Crippen molar-refractivity contribution in [3.05, 3.63) is 58.0 Å². The van der Waals surface area contributed by atoms with E-state index in [9.17, 15) is 15.0 Å². The van der Waals surface area contributed by atoms with Crippen molar-refractivity contribution in [3.8, 4) is 5.75 Å². The first-order valence-corrected chi connectivity index (χ1v) is 8.13. The Kier molecular flexibility index (Phi) is 4.31. The van der Waals surface area contributed by atoms with E-state index in [1.165, 1.54) is 12.1 Å². The normalized spacial score (nSPS) is 11.8. The molecule has 0 fully saturated rings. The number of rotatable bonds is 4. The van der Waals surface area contributed by atoms with E-state index < -0.39 is 5.97 Å². The summed E-state index contributed by atoms with van der Waals surface area (Å²) in [4.78, 5) is 19.3. The summed E-state index contributed by atoms with van der Waals surface area (Å²) in [6, 6.07) is 10.3. The third kappa shape index (κ3) is 3.44. The topological polar surface area (TPSA) is 86.2 Å². The zero-order chi connectivity index (χ0) is 17.3. The number of phenolic OH excluding ortho intramolecular Hbond substituents is 1. The van der Waals surface area contributed by atoms with Gasteiger partial charge in [-0.05, 0) is 72.6 Å². The minimum atomic E-state index is -1.03. The number of imidazole rings is 1.